The number of thioether (sulfide) groups is 1. The Morgan fingerprint density at radius 3 is 3.00 bits per heavy atom. The molecule has 2 aromatic carbocycles. The molecule has 6 nitrogen and oxygen atoms in total. The van der Waals surface area contributed by atoms with E-state index in [0.717, 1.165) is 35.1 Å². The highest BCUT2D eigenvalue weighted by atomic mass is 35.5. The highest BCUT2D eigenvalue weighted by Crippen LogP contribution is 2.41. The second kappa shape index (κ2) is 9.02. The third-order valence-corrected chi connectivity index (χ3v) is 6.54. The van der Waals surface area contributed by atoms with Gasteiger partial charge in [0.1, 0.15) is 5.37 Å². The van der Waals surface area contributed by atoms with E-state index in [9.17, 15) is 9.90 Å². The lowest BCUT2D eigenvalue weighted by atomic mass is 10.1. The van der Waals surface area contributed by atoms with Crippen LogP contribution in [0.15, 0.2) is 48.7 Å². The highest BCUT2D eigenvalue weighted by molar-refractivity contribution is 8.00. The number of phenols is 1. The number of carbonyl (C=O) groups excluding carboxylic acids is 1. The van der Waals surface area contributed by atoms with Gasteiger partial charge in [0.15, 0.2) is 11.5 Å². The van der Waals surface area contributed by atoms with Crippen LogP contribution in [0.2, 0.25) is 5.02 Å². The summed E-state index contributed by atoms with van der Waals surface area (Å²) in [5, 5.41) is 14.9. The summed E-state index contributed by atoms with van der Waals surface area (Å²) in [4.78, 5) is 18.7. The van der Waals surface area contributed by atoms with E-state index in [4.69, 9.17) is 16.3 Å². The number of hydrogen-bond acceptors (Lipinski definition) is 6. The van der Waals surface area contributed by atoms with Crippen LogP contribution in [0.1, 0.15) is 17.4 Å². The number of rotatable bonds is 7. The smallest absolute Gasteiger partial charge is 0.233 e. The van der Waals surface area contributed by atoms with E-state index in [1.54, 1.807) is 30.1 Å². The number of aromatic nitrogens is 1. The van der Waals surface area contributed by atoms with E-state index < -0.39 is 0 Å². The largest absolute Gasteiger partial charge is 0.504 e. The summed E-state index contributed by atoms with van der Waals surface area (Å²) in [7, 11) is 1.52. The number of hydrogen-bond donors (Lipinski definition) is 2. The van der Waals surface area contributed by atoms with E-state index in [2.05, 4.69) is 10.3 Å². The predicted octanol–water partition coefficient (Wildman–Crippen LogP) is 4.68. The van der Waals surface area contributed by atoms with Crippen LogP contribution < -0.4 is 10.1 Å². The maximum Gasteiger partial charge on any atom is 0.233 e. The Balaban J connectivity index is 1.40. The summed E-state index contributed by atoms with van der Waals surface area (Å²) in [5.41, 5.74) is 2.80. The maximum absolute atomic E-state index is 12.4. The number of phenolic OH excluding ortho intramolecular Hbond substituents is 1. The molecule has 3 aromatic rings. The predicted molar refractivity (Wildman–Crippen MR) is 121 cm³/mol. The van der Waals surface area contributed by atoms with E-state index in [1.807, 2.05) is 35.2 Å². The van der Waals surface area contributed by atoms with Crippen molar-refractivity contribution in [3.63, 3.8) is 0 Å². The lowest BCUT2D eigenvalue weighted by molar-refractivity contribution is -0.128. The monoisotopic (exact) mass is 443 g/mol. The Morgan fingerprint density at radius 2 is 2.17 bits per heavy atom. The lowest BCUT2D eigenvalue weighted by Crippen LogP contribution is -2.30. The summed E-state index contributed by atoms with van der Waals surface area (Å²) in [5.74, 6) is 1.09. The zero-order chi connectivity index (χ0) is 21.1. The molecule has 1 aliphatic rings. The quantitative estimate of drug-likeness (QED) is 0.516. The fraction of sp³-hybridized carbons (Fsp3) is 0.273. The number of ether oxygens (including phenoxy) is 1. The average Bonchev–Trinajstić information content (AvgIpc) is 3.11. The number of benzene rings is 2. The van der Waals surface area contributed by atoms with Crippen molar-refractivity contribution in [2.24, 2.45) is 0 Å². The molecule has 0 radical (unpaired) electrons. The first-order chi connectivity index (χ1) is 14.6. The van der Waals surface area contributed by atoms with Crippen molar-refractivity contribution < 1.29 is 14.6 Å². The molecule has 8 heteroatoms. The molecule has 0 bridgehead atoms. The molecule has 1 fully saturated rings. The molecule has 2 heterocycles. The summed E-state index contributed by atoms with van der Waals surface area (Å²) < 4.78 is 5.21. The minimum Gasteiger partial charge on any atom is -0.504 e. The zero-order valence-electron chi connectivity index (χ0n) is 16.5. The third-order valence-electron chi connectivity index (χ3n) is 5.05. The van der Waals surface area contributed by atoms with Crippen molar-refractivity contribution in [3.05, 3.63) is 59.2 Å². The second-order valence-electron chi connectivity index (χ2n) is 6.98. The Morgan fingerprint density at radius 1 is 1.30 bits per heavy atom. The van der Waals surface area contributed by atoms with Crippen LogP contribution in [-0.4, -0.2) is 46.8 Å². The van der Waals surface area contributed by atoms with Gasteiger partial charge in [-0.2, -0.15) is 0 Å². The van der Waals surface area contributed by atoms with Crippen LogP contribution >= 0.6 is 23.4 Å². The maximum atomic E-state index is 12.4. The van der Waals surface area contributed by atoms with Gasteiger partial charge in [-0.3, -0.25) is 9.78 Å². The van der Waals surface area contributed by atoms with Crippen molar-refractivity contribution in [1.29, 1.82) is 0 Å². The SMILES string of the molecule is COc1cc(C2SCC(=O)N2CCCNc2ccnc3cc(Cl)ccc23)ccc1O. The molecule has 0 aliphatic carbocycles. The lowest BCUT2D eigenvalue weighted by Gasteiger charge is -2.25. The number of methoxy groups -OCH3 is 1. The first-order valence-electron chi connectivity index (χ1n) is 9.63. The van der Waals surface area contributed by atoms with Gasteiger partial charge in [-0.1, -0.05) is 17.7 Å². The summed E-state index contributed by atoms with van der Waals surface area (Å²) in [6.07, 6.45) is 2.56. The molecule has 1 saturated heterocycles. The van der Waals surface area contributed by atoms with Gasteiger partial charge in [0, 0.05) is 35.4 Å². The first-order valence-corrected chi connectivity index (χ1v) is 11.1. The Kier molecular flexibility index (Phi) is 6.20. The molecule has 0 saturated carbocycles. The number of anilines is 1. The van der Waals surface area contributed by atoms with Gasteiger partial charge < -0.3 is 20.1 Å². The number of carbonyl (C=O) groups is 1. The number of nitrogens with one attached hydrogen (secondary N) is 1. The van der Waals surface area contributed by atoms with E-state index >= 15 is 0 Å². The van der Waals surface area contributed by atoms with Gasteiger partial charge in [0.05, 0.1) is 18.4 Å². The number of fused-ring (bicyclic) bond motifs is 1. The normalized spacial score (nSPS) is 16.3. The molecule has 1 atom stereocenters. The average molecular weight is 444 g/mol. The van der Waals surface area contributed by atoms with Gasteiger partial charge in [-0.25, -0.2) is 0 Å². The molecular formula is C22H22ClN3O3S. The van der Waals surface area contributed by atoms with Crippen LogP contribution in [0, 0.1) is 0 Å². The van der Waals surface area contributed by atoms with Crippen molar-refractivity contribution in [1.82, 2.24) is 9.88 Å². The number of aromatic hydroxyl groups is 1. The van der Waals surface area contributed by atoms with Crippen molar-refractivity contribution in [2.45, 2.75) is 11.8 Å². The number of pyridine rings is 1. The van der Waals surface area contributed by atoms with Gasteiger partial charge >= 0.3 is 0 Å². The standard InChI is InChI=1S/C22H22ClN3O3S/c1-29-20-11-14(3-6-19(20)27)22-26(21(28)13-30-22)10-2-8-24-17-7-9-25-18-12-15(23)4-5-16(17)18/h3-7,9,11-12,22,27H,2,8,10,13H2,1H3,(H,24,25). The second-order valence-corrected chi connectivity index (χ2v) is 8.49. The minimum atomic E-state index is -0.0732. The molecule has 1 aliphatic heterocycles. The van der Waals surface area contributed by atoms with Gasteiger partial charge in [0.25, 0.3) is 0 Å². The Hall–Kier alpha value is -2.64. The zero-order valence-corrected chi connectivity index (χ0v) is 18.0. The Bertz CT molecular complexity index is 1080. The van der Waals surface area contributed by atoms with E-state index in [1.165, 1.54) is 7.11 Å². The molecule has 1 unspecified atom stereocenters. The van der Waals surface area contributed by atoms with Gasteiger partial charge in [-0.05, 0) is 48.4 Å². The van der Waals surface area contributed by atoms with Crippen molar-refractivity contribution >= 4 is 45.9 Å². The third kappa shape index (κ3) is 4.27. The summed E-state index contributed by atoms with van der Waals surface area (Å²) >= 11 is 7.65. The summed E-state index contributed by atoms with van der Waals surface area (Å²) in [6.45, 7) is 1.36. The van der Waals surface area contributed by atoms with Crippen LogP contribution in [0.25, 0.3) is 10.9 Å². The molecule has 30 heavy (non-hydrogen) atoms. The van der Waals surface area contributed by atoms with E-state index in [0.29, 0.717) is 23.1 Å². The molecule has 156 valence electrons. The molecule has 2 N–H and O–H groups in total. The first kappa shape index (κ1) is 20.6. The molecule has 4 rings (SSSR count). The van der Waals surface area contributed by atoms with Crippen LogP contribution in [0.3, 0.4) is 0 Å². The Labute approximate surface area is 184 Å². The molecule has 1 amide bonds. The minimum absolute atomic E-state index is 0.0732. The van der Waals surface area contributed by atoms with Crippen LogP contribution in [0.4, 0.5) is 5.69 Å². The highest BCUT2D eigenvalue weighted by Gasteiger charge is 2.32. The number of amides is 1. The molecular weight excluding hydrogens is 422 g/mol. The topological polar surface area (TPSA) is 74.7 Å². The molecule has 0 spiro atoms. The van der Waals surface area contributed by atoms with Gasteiger partial charge in [-0.15, -0.1) is 11.8 Å². The van der Waals surface area contributed by atoms with Gasteiger partial charge in [0.2, 0.25) is 5.91 Å². The number of nitrogens with zero attached hydrogens (tertiary/aromatic N) is 2. The fourth-order valence-electron chi connectivity index (χ4n) is 3.57. The van der Waals surface area contributed by atoms with Crippen LogP contribution in [-0.2, 0) is 4.79 Å². The molecule has 1 aromatic heterocycles. The van der Waals surface area contributed by atoms with Crippen molar-refractivity contribution in [3.8, 4) is 11.5 Å². The van der Waals surface area contributed by atoms with Crippen LogP contribution in [0.5, 0.6) is 11.5 Å². The summed E-state index contributed by atoms with van der Waals surface area (Å²) in [6, 6.07) is 12.9. The fourth-order valence-corrected chi connectivity index (χ4v) is 4.94. The van der Waals surface area contributed by atoms with Crippen molar-refractivity contribution in [2.75, 3.05) is 31.3 Å². The van der Waals surface area contributed by atoms with E-state index in [-0.39, 0.29) is 17.0 Å². The number of halogens is 1.